The molecule has 5 nitrogen and oxygen atoms in total. The van der Waals surface area contributed by atoms with Crippen molar-refractivity contribution in [1.29, 1.82) is 0 Å². The number of aromatic nitrogens is 2. The van der Waals surface area contributed by atoms with Crippen LogP contribution < -0.4 is 10.1 Å². The number of nitrogens with one attached hydrogen (secondary N) is 1. The summed E-state index contributed by atoms with van der Waals surface area (Å²) in [6, 6.07) is 8.86. The summed E-state index contributed by atoms with van der Waals surface area (Å²) in [5, 5.41) is 4.50. The number of hydrogen-bond acceptors (Lipinski definition) is 6. The standard InChI is InChI=1S/C19H26N4OS/c1-24-16-9-7-14(8-10-16)17(23-11-3-2-4-12-23)13-20-19-21-18(22-25-19)15-5-6-15/h7-10,15,17H,2-6,11-13H2,1H3,(H,20,21,22). The lowest BCUT2D eigenvalue weighted by Gasteiger charge is -2.35. The predicted octanol–water partition coefficient (Wildman–Crippen LogP) is 4.06. The molecule has 1 aliphatic heterocycles. The van der Waals surface area contributed by atoms with Gasteiger partial charge < -0.3 is 10.1 Å². The van der Waals surface area contributed by atoms with Crippen LogP contribution in [0, 0.1) is 0 Å². The molecule has 1 aliphatic carbocycles. The molecule has 1 aromatic heterocycles. The van der Waals surface area contributed by atoms with E-state index >= 15 is 0 Å². The van der Waals surface area contributed by atoms with E-state index in [0.29, 0.717) is 12.0 Å². The minimum absolute atomic E-state index is 0.361. The van der Waals surface area contributed by atoms with Crippen LogP contribution in [-0.2, 0) is 0 Å². The van der Waals surface area contributed by atoms with Crippen molar-refractivity contribution in [2.24, 2.45) is 0 Å². The van der Waals surface area contributed by atoms with E-state index in [2.05, 4.69) is 43.8 Å². The molecule has 2 fully saturated rings. The molecule has 0 radical (unpaired) electrons. The van der Waals surface area contributed by atoms with Crippen molar-refractivity contribution in [3.8, 4) is 5.75 Å². The van der Waals surface area contributed by atoms with Gasteiger partial charge in [-0.2, -0.15) is 4.37 Å². The molecule has 1 unspecified atom stereocenters. The Morgan fingerprint density at radius 2 is 1.96 bits per heavy atom. The number of anilines is 1. The van der Waals surface area contributed by atoms with Crippen molar-refractivity contribution in [3.05, 3.63) is 35.7 Å². The molecule has 0 amide bonds. The van der Waals surface area contributed by atoms with Gasteiger partial charge in [-0.1, -0.05) is 18.6 Å². The first-order chi connectivity index (χ1) is 12.3. The van der Waals surface area contributed by atoms with E-state index in [0.717, 1.165) is 23.3 Å². The summed E-state index contributed by atoms with van der Waals surface area (Å²) in [4.78, 5) is 7.27. The zero-order chi connectivity index (χ0) is 17.1. The maximum atomic E-state index is 5.31. The monoisotopic (exact) mass is 358 g/mol. The molecule has 0 bridgehead atoms. The van der Waals surface area contributed by atoms with Crippen LogP contribution in [-0.4, -0.2) is 41.0 Å². The SMILES string of the molecule is COc1ccc(C(CNc2nc(C3CC3)ns2)N2CCCCC2)cc1. The van der Waals surface area contributed by atoms with Crippen LogP contribution in [0.5, 0.6) is 5.75 Å². The maximum Gasteiger partial charge on any atom is 0.202 e. The number of benzene rings is 1. The van der Waals surface area contributed by atoms with Gasteiger partial charge in [0.05, 0.1) is 13.2 Å². The largest absolute Gasteiger partial charge is 0.497 e. The van der Waals surface area contributed by atoms with Gasteiger partial charge in [0, 0.05) is 24.0 Å². The fraction of sp³-hybridized carbons (Fsp3) is 0.579. The number of rotatable bonds is 7. The maximum absolute atomic E-state index is 5.31. The van der Waals surface area contributed by atoms with Crippen LogP contribution in [0.1, 0.15) is 55.5 Å². The lowest BCUT2D eigenvalue weighted by molar-refractivity contribution is 0.170. The Hall–Kier alpha value is -1.66. The van der Waals surface area contributed by atoms with Crippen molar-refractivity contribution in [2.75, 3.05) is 32.1 Å². The lowest BCUT2D eigenvalue weighted by Crippen LogP contribution is -2.37. The Kier molecular flexibility index (Phi) is 5.17. The molecule has 2 heterocycles. The average Bonchev–Trinajstić information content (AvgIpc) is 3.42. The number of likely N-dealkylation sites (tertiary alicyclic amines) is 1. The smallest absolute Gasteiger partial charge is 0.202 e. The summed E-state index contributed by atoms with van der Waals surface area (Å²) in [7, 11) is 1.71. The number of nitrogens with zero attached hydrogens (tertiary/aromatic N) is 3. The van der Waals surface area contributed by atoms with Gasteiger partial charge in [0.2, 0.25) is 5.13 Å². The highest BCUT2D eigenvalue weighted by molar-refractivity contribution is 7.09. The zero-order valence-electron chi connectivity index (χ0n) is 14.8. The summed E-state index contributed by atoms with van der Waals surface area (Å²) in [5.74, 6) is 2.56. The molecule has 4 rings (SSSR count). The van der Waals surface area contributed by atoms with Crippen molar-refractivity contribution < 1.29 is 4.74 Å². The quantitative estimate of drug-likeness (QED) is 0.809. The molecule has 6 heteroatoms. The van der Waals surface area contributed by atoms with Crippen LogP contribution in [0.15, 0.2) is 24.3 Å². The second-order valence-corrected chi connectivity index (χ2v) is 7.75. The lowest BCUT2D eigenvalue weighted by atomic mass is 10.0. The summed E-state index contributed by atoms with van der Waals surface area (Å²) >= 11 is 1.50. The van der Waals surface area contributed by atoms with Crippen LogP contribution in [0.25, 0.3) is 0 Å². The van der Waals surface area contributed by atoms with Crippen LogP contribution in [0.4, 0.5) is 5.13 Å². The molecule has 2 aliphatic rings. The molecule has 1 atom stereocenters. The van der Waals surface area contributed by atoms with Gasteiger partial charge in [-0.3, -0.25) is 4.90 Å². The van der Waals surface area contributed by atoms with E-state index in [1.807, 2.05) is 0 Å². The van der Waals surface area contributed by atoms with Gasteiger partial charge in [0.25, 0.3) is 0 Å². The molecule has 2 aromatic rings. The Labute approximate surface area is 153 Å². The first kappa shape index (κ1) is 16.8. The Balaban J connectivity index is 1.47. The molecule has 1 aromatic carbocycles. The topological polar surface area (TPSA) is 50.3 Å². The summed E-state index contributed by atoms with van der Waals surface area (Å²) in [6.07, 6.45) is 6.42. The predicted molar refractivity (Wildman–Crippen MR) is 102 cm³/mol. The molecular weight excluding hydrogens is 332 g/mol. The normalized spacial score (nSPS) is 19.6. The van der Waals surface area contributed by atoms with E-state index in [9.17, 15) is 0 Å². The highest BCUT2D eigenvalue weighted by atomic mass is 32.1. The minimum Gasteiger partial charge on any atom is -0.497 e. The molecule has 0 spiro atoms. The van der Waals surface area contributed by atoms with Crippen molar-refractivity contribution >= 4 is 16.7 Å². The Morgan fingerprint density at radius 1 is 1.20 bits per heavy atom. The first-order valence-corrected chi connectivity index (χ1v) is 10.1. The van der Waals surface area contributed by atoms with E-state index < -0.39 is 0 Å². The molecular formula is C19H26N4OS. The third-order valence-electron chi connectivity index (χ3n) is 5.16. The molecule has 25 heavy (non-hydrogen) atoms. The number of hydrogen-bond donors (Lipinski definition) is 1. The highest BCUT2D eigenvalue weighted by Gasteiger charge is 2.28. The first-order valence-electron chi connectivity index (χ1n) is 9.29. The summed E-state index contributed by atoms with van der Waals surface area (Å²) in [5.41, 5.74) is 1.34. The van der Waals surface area contributed by atoms with Crippen LogP contribution in [0.3, 0.4) is 0 Å². The van der Waals surface area contributed by atoms with Crippen molar-refractivity contribution in [1.82, 2.24) is 14.3 Å². The van der Waals surface area contributed by atoms with Crippen molar-refractivity contribution in [3.63, 3.8) is 0 Å². The van der Waals surface area contributed by atoms with Gasteiger partial charge >= 0.3 is 0 Å². The summed E-state index contributed by atoms with van der Waals surface area (Å²) < 4.78 is 9.81. The zero-order valence-corrected chi connectivity index (χ0v) is 15.6. The second kappa shape index (κ2) is 7.70. The van der Waals surface area contributed by atoms with E-state index in [-0.39, 0.29) is 0 Å². The summed E-state index contributed by atoms with van der Waals surface area (Å²) in [6.45, 7) is 3.20. The van der Waals surface area contributed by atoms with Gasteiger partial charge in [0.15, 0.2) is 0 Å². The second-order valence-electron chi connectivity index (χ2n) is 7.00. The van der Waals surface area contributed by atoms with Gasteiger partial charge in [-0.25, -0.2) is 4.98 Å². The fourth-order valence-electron chi connectivity index (χ4n) is 3.51. The highest BCUT2D eigenvalue weighted by Crippen LogP contribution is 2.39. The molecule has 1 saturated carbocycles. The van der Waals surface area contributed by atoms with Crippen LogP contribution in [0.2, 0.25) is 0 Å². The van der Waals surface area contributed by atoms with E-state index in [4.69, 9.17) is 4.74 Å². The number of piperidine rings is 1. The van der Waals surface area contributed by atoms with E-state index in [1.165, 1.54) is 62.3 Å². The molecule has 1 saturated heterocycles. The van der Waals surface area contributed by atoms with Gasteiger partial charge in [-0.15, -0.1) is 0 Å². The van der Waals surface area contributed by atoms with Crippen LogP contribution >= 0.6 is 11.5 Å². The van der Waals surface area contributed by atoms with E-state index in [1.54, 1.807) is 7.11 Å². The minimum atomic E-state index is 0.361. The van der Waals surface area contributed by atoms with Gasteiger partial charge in [0.1, 0.15) is 11.6 Å². The Morgan fingerprint density at radius 3 is 2.64 bits per heavy atom. The number of methoxy groups -OCH3 is 1. The fourth-order valence-corrected chi connectivity index (χ4v) is 4.16. The number of ether oxygens (including phenoxy) is 1. The van der Waals surface area contributed by atoms with Gasteiger partial charge in [-0.05, 0) is 56.5 Å². The third-order valence-corrected chi connectivity index (χ3v) is 5.85. The molecule has 134 valence electrons. The van der Waals surface area contributed by atoms with Crippen molar-refractivity contribution in [2.45, 2.75) is 44.1 Å². The molecule has 1 N–H and O–H groups in total. The average molecular weight is 359 g/mol. The third kappa shape index (κ3) is 4.12. The Bertz CT molecular complexity index is 677.